The Bertz CT molecular complexity index is 3.25. The van der Waals surface area contributed by atoms with Crippen molar-refractivity contribution in [2.45, 2.75) is 0 Å². The van der Waals surface area contributed by atoms with E-state index in [1.54, 1.807) is 0 Å². The van der Waals surface area contributed by atoms with E-state index in [2.05, 4.69) is 0 Å². The van der Waals surface area contributed by atoms with Crippen molar-refractivity contribution in [2.24, 2.45) is 0 Å². The van der Waals surface area contributed by atoms with Gasteiger partial charge in [-0.15, -0.1) is 0 Å². The van der Waals surface area contributed by atoms with Crippen molar-refractivity contribution >= 4 is 53.6 Å². The summed E-state index contributed by atoms with van der Waals surface area (Å²) in [7, 11) is 0. The molecule has 0 unspecified atom stereocenters. The van der Waals surface area contributed by atoms with Gasteiger partial charge in [-0.3, -0.25) is 0 Å². The van der Waals surface area contributed by atoms with Crippen molar-refractivity contribution in [1.29, 1.82) is 0 Å². The van der Waals surface area contributed by atoms with Gasteiger partial charge in [-0.05, 0) is 0 Å². The molecule has 0 bridgehead atoms. The summed E-state index contributed by atoms with van der Waals surface area (Å²) in [5.41, 5.74) is 0. The first-order valence-corrected chi connectivity index (χ1v) is 0. The molecule has 0 aliphatic heterocycles. The maximum absolute atomic E-state index is 0. The van der Waals surface area contributed by atoms with Crippen LogP contribution < -0.4 is 0 Å². The summed E-state index contributed by atoms with van der Waals surface area (Å²) < 4.78 is 0. The second kappa shape index (κ2) is 19.5. The van der Waals surface area contributed by atoms with Crippen LogP contribution in [0.5, 0.6) is 0 Å². The van der Waals surface area contributed by atoms with Crippen LogP contribution in [0.1, 0.15) is 0 Å². The third-order valence-electron chi connectivity index (χ3n) is 0. The van der Waals surface area contributed by atoms with Crippen LogP contribution in [-0.2, 0) is 0 Å². The molecule has 0 aromatic carbocycles. The third kappa shape index (κ3) is 8.94. The molecule has 13 radical (unpaired) electrons. The Morgan fingerprint density at radius 3 is 0.500 bits per heavy atom. The maximum atomic E-state index is 0. The molecular weight excluding hydrogens is 212 g/mol. The summed E-state index contributed by atoms with van der Waals surface area (Å²) in [5.74, 6) is 0. The van der Waals surface area contributed by atoms with E-state index in [0.717, 1.165) is 0 Å². The van der Waals surface area contributed by atoms with Gasteiger partial charge in [-0.25, -0.2) is 0 Å². The molecule has 4 heavy (non-hydrogen) atoms. The molecule has 0 N–H and O–H groups in total. The molecule has 0 atom stereocenters. The summed E-state index contributed by atoms with van der Waals surface area (Å²) in [4.78, 5) is 0. The van der Waals surface area contributed by atoms with E-state index in [-0.39, 0.29) is 53.6 Å². The van der Waals surface area contributed by atoms with Crippen molar-refractivity contribution < 1.29 is 0 Å². The van der Waals surface area contributed by atoms with Crippen LogP contribution in [0.2, 0.25) is 0 Å². The fourth-order valence-corrected chi connectivity index (χ4v) is 0. The van der Waals surface area contributed by atoms with E-state index in [9.17, 15) is 0 Å². The Balaban J connectivity index is 0. The monoisotopic (exact) mass is 213 g/mol. The van der Waals surface area contributed by atoms with Gasteiger partial charge in [0.25, 0.3) is 0 Å². The minimum atomic E-state index is 0. The minimum absolute atomic E-state index is 0. The molecule has 19 valence electrons. The third-order valence-corrected chi connectivity index (χ3v) is 0. The Hall–Kier alpha value is 2.09. The van der Waals surface area contributed by atoms with Crippen molar-refractivity contribution in [2.75, 3.05) is 0 Å². The van der Waals surface area contributed by atoms with Crippen LogP contribution in [0, 0.1) is 0 Å². The largest absolute Gasteiger partial charge is 0 e. The molecule has 0 nitrogen and oxygen atoms in total. The Labute approximate surface area is 53.7 Å². The van der Waals surface area contributed by atoms with Gasteiger partial charge < -0.3 is 0 Å². The van der Waals surface area contributed by atoms with Crippen LogP contribution in [0.15, 0.2) is 0 Å². The molecule has 0 fully saturated rings. The summed E-state index contributed by atoms with van der Waals surface area (Å²) in [6.07, 6.45) is 0. The summed E-state index contributed by atoms with van der Waals surface area (Å²) in [6.45, 7) is 0. The SMILES string of the molecule is [P].[P].[P].[Sn]. The van der Waals surface area contributed by atoms with E-state index in [4.69, 9.17) is 0 Å². The summed E-state index contributed by atoms with van der Waals surface area (Å²) in [6, 6.07) is 0. The molecule has 0 aromatic rings. The number of rotatable bonds is 0. The van der Waals surface area contributed by atoms with Gasteiger partial charge in [0.1, 0.15) is 0 Å². The first-order chi connectivity index (χ1) is 0. The van der Waals surface area contributed by atoms with Gasteiger partial charge in [-0.2, -0.15) is 0 Å². The van der Waals surface area contributed by atoms with Crippen LogP contribution in [0.3, 0.4) is 0 Å². The molecule has 0 heterocycles. The van der Waals surface area contributed by atoms with Gasteiger partial charge in [0, 0.05) is 53.6 Å². The zero-order chi connectivity index (χ0) is 0. The predicted molar refractivity (Wildman–Crippen MR) is 26.5 cm³/mol. The molecule has 4 heteroatoms. The molecule has 0 saturated carbocycles. The fourth-order valence-electron chi connectivity index (χ4n) is 0. The quantitative estimate of drug-likeness (QED) is 0.426. The Morgan fingerprint density at radius 2 is 0.500 bits per heavy atom. The van der Waals surface area contributed by atoms with E-state index in [1.807, 2.05) is 0 Å². The topological polar surface area (TPSA) is 0 Å². The van der Waals surface area contributed by atoms with Crippen LogP contribution >= 0.6 is 29.7 Å². The van der Waals surface area contributed by atoms with Crippen molar-refractivity contribution in [3.8, 4) is 0 Å². The minimum Gasteiger partial charge on any atom is 0 e. The number of hydrogen-bond donors (Lipinski definition) is 0. The molecule has 0 saturated heterocycles. The van der Waals surface area contributed by atoms with Gasteiger partial charge in [0.05, 0.1) is 0 Å². The van der Waals surface area contributed by atoms with Crippen LogP contribution in [0.4, 0.5) is 0 Å². The molecule has 0 amide bonds. The van der Waals surface area contributed by atoms with E-state index in [1.165, 1.54) is 0 Å². The average molecular weight is 212 g/mol. The van der Waals surface area contributed by atoms with Gasteiger partial charge in [0.15, 0.2) is 0 Å². The predicted octanol–water partition coefficient (Wildman–Crippen LogP) is 2.20. The zero-order valence-corrected chi connectivity index (χ0v) is 7.38. The molecule has 0 aromatic heterocycles. The van der Waals surface area contributed by atoms with E-state index in [0.29, 0.717) is 0 Å². The fraction of sp³-hybridized carbons (Fsp3) is 0. The van der Waals surface area contributed by atoms with Crippen LogP contribution in [-0.4, -0.2) is 23.9 Å². The standard InChI is InChI=1S/3P.Sn. The second-order valence-corrected chi connectivity index (χ2v) is 0. The summed E-state index contributed by atoms with van der Waals surface area (Å²) in [5, 5.41) is 0. The Morgan fingerprint density at radius 1 is 0.500 bits per heavy atom. The molecule has 0 aliphatic rings. The first-order valence-electron chi connectivity index (χ1n) is 0. The average Bonchev–Trinajstić information content (AvgIpc) is 0. The smallest absolute Gasteiger partial charge is 0 e. The number of hydrogen-bond acceptors (Lipinski definition) is 0. The molecule has 0 rings (SSSR count). The van der Waals surface area contributed by atoms with Gasteiger partial charge in [0.2, 0.25) is 0 Å². The Kier molecular flexibility index (Phi) is 176. The second-order valence-electron chi connectivity index (χ2n) is 0. The van der Waals surface area contributed by atoms with E-state index < -0.39 is 0 Å². The first kappa shape index (κ1) is 36.1. The van der Waals surface area contributed by atoms with Crippen molar-refractivity contribution in [3.05, 3.63) is 0 Å². The van der Waals surface area contributed by atoms with Gasteiger partial charge in [-0.1, -0.05) is 0 Å². The normalized spacial score (nSPS) is 0. The molecular formula is P3Sn. The summed E-state index contributed by atoms with van der Waals surface area (Å²) >= 11 is 0. The maximum Gasteiger partial charge on any atom is 0 e. The molecule has 0 spiro atoms. The van der Waals surface area contributed by atoms with E-state index >= 15 is 0 Å². The van der Waals surface area contributed by atoms with Crippen LogP contribution in [0.25, 0.3) is 0 Å². The van der Waals surface area contributed by atoms with Gasteiger partial charge >= 0.3 is 0 Å². The molecule has 0 aliphatic carbocycles. The van der Waals surface area contributed by atoms with Crippen molar-refractivity contribution in [1.82, 2.24) is 0 Å². The zero-order valence-electron chi connectivity index (χ0n) is 1.84. The van der Waals surface area contributed by atoms with Crippen molar-refractivity contribution in [3.63, 3.8) is 0 Å².